The Labute approximate surface area is 140 Å². The van der Waals surface area contributed by atoms with Gasteiger partial charge in [0.05, 0.1) is 11.4 Å². The molecule has 3 rings (SSSR count). The molecule has 1 amide bonds. The highest BCUT2D eigenvalue weighted by atomic mass is 16.2. The van der Waals surface area contributed by atoms with Gasteiger partial charge in [0.1, 0.15) is 5.69 Å². The largest absolute Gasteiger partial charge is 0.316 e. The summed E-state index contributed by atoms with van der Waals surface area (Å²) in [6.07, 6.45) is 0. The molecule has 122 valence electrons. The number of carbonyl (C=O) groups excluding carboxylic acids is 1. The maximum Gasteiger partial charge on any atom is 0.295 e. The van der Waals surface area contributed by atoms with Crippen LogP contribution < -0.4 is 10.9 Å². The molecule has 0 aliphatic heterocycles. The van der Waals surface area contributed by atoms with E-state index in [-0.39, 0.29) is 11.5 Å². The Kier molecular flexibility index (Phi) is 4.08. The summed E-state index contributed by atoms with van der Waals surface area (Å²) in [5, 5.41) is 2.77. The lowest BCUT2D eigenvalue weighted by molar-refractivity contribution is 0.102. The summed E-state index contributed by atoms with van der Waals surface area (Å²) in [7, 11) is 1.80. The molecular weight excluding hydrogens is 302 g/mol. The van der Waals surface area contributed by atoms with Crippen molar-refractivity contribution in [1.82, 2.24) is 9.36 Å². The zero-order valence-corrected chi connectivity index (χ0v) is 13.9. The molecule has 5 nitrogen and oxygen atoms in total. The molecule has 0 spiro atoms. The number of carbonyl (C=O) groups is 1. The van der Waals surface area contributed by atoms with Crippen LogP contribution in [0.5, 0.6) is 0 Å². The van der Waals surface area contributed by atoms with Gasteiger partial charge in [0.25, 0.3) is 11.5 Å². The van der Waals surface area contributed by atoms with E-state index < -0.39 is 0 Å². The van der Waals surface area contributed by atoms with Gasteiger partial charge in [-0.15, -0.1) is 0 Å². The topological polar surface area (TPSA) is 56.0 Å². The minimum absolute atomic E-state index is 0.247. The van der Waals surface area contributed by atoms with Crippen molar-refractivity contribution < 1.29 is 4.79 Å². The fourth-order valence-electron chi connectivity index (χ4n) is 2.72. The van der Waals surface area contributed by atoms with E-state index in [2.05, 4.69) is 5.32 Å². The van der Waals surface area contributed by atoms with Crippen LogP contribution in [0.3, 0.4) is 0 Å². The van der Waals surface area contributed by atoms with Gasteiger partial charge in [0.15, 0.2) is 0 Å². The average molecular weight is 321 g/mol. The van der Waals surface area contributed by atoms with Crippen LogP contribution in [-0.2, 0) is 7.05 Å². The van der Waals surface area contributed by atoms with Crippen LogP contribution in [0.2, 0.25) is 0 Å². The molecule has 3 aromatic rings. The highest BCUT2D eigenvalue weighted by molar-refractivity contribution is 6.05. The highest BCUT2D eigenvalue weighted by Crippen LogP contribution is 2.16. The van der Waals surface area contributed by atoms with E-state index in [0.717, 1.165) is 11.3 Å². The number of amides is 1. The van der Waals surface area contributed by atoms with Crippen LogP contribution in [0, 0.1) is 13.8 Å². The molecule has 0 unspecified atom stereocenters. The molecule has 1 N–H and O–H groups in total. The van der Waals surface area contributed by atoms with Crippen LogP contribution in [-0.4, -0.2) is 15.3 Å². The fraction of sp³-hybridized carbons (Fsp3) is 0.158. The highest BCUT2D eigenvalue weighted by Gasteiger charge is 2.19. The summed E-state index contributed by atoms with van der Waals surface area (Å²) in [6, 6.07) is 16.6. The monoisotopic (exact) mass is 321 g/mol. The van der Waals surface area contributed by atoms with Crippen molar-refractivity contribution in [3.8, 4) is 5.69 Å². The van der Waals surface area contributed by atoms with Crippen LogP contribution in [0.25, 0.3) is 5.69 Å². The van der Waals surface area contributed by atoms with Gasteiger partial charge < -0.3 is 5.32 Å². The first-order chi connectivity index (χ1) is 11.5. The van der Waals surface area contributed by atoms with Gasteiger partial charge in [0.2, 0.25) is 0 Å². The molecule has 1 aromatic heterocycles. The first kappa shape index (κ1) is 15.8. The van der Waals surface area contributed by atoms with Crippen molar-refractivity contribution in [3.05, 3.63) is 81.8 Å². The molecular formula is C19H19N3O2. The third-order valence-electron chi connectivity index (χ3n) is 4.18. The van der Waals surface area contributed by atoms with Crippen molar-refractivity contribution in [2.75, 3.05) is 5.32 Å². The van der Waals surface area contributed by atoms with E-state index in [1.165, 1.54) is 0 Å². The molecule has 2 aromatic carbocycles. The van der Waals surface area contributed by atoms with E-state index in [9.17, 15) is 9.59 Å². The summed E-state index contributed by atoms with van der Waals surface area (Å²) in [6.45, 7) is 3.68. The van der Waals surface area contributed by atoms with Crippen LogP contribution in [0.1, 0.15) is 21.6 Å². The summed E-state index contributed by atoms with van der Waals surface area (Å²) in [4.78, 5) is 25.3. The number of aromatic nitrogens is 2. The van der Waals surface area contributed by atoms with Crippen molar-refractivity contribution >= 4 is 11.6 Å². The van der Waals surface area contributed by atoms with Gasteiger partial charge in [-0.05, 0) is 37.6 Å². The number of anilines is 1. The number of hydrogen-bond acceptors (Lipinski definition) is 2. The van der Waals surface area contributed by atoms with E-state index >= 15 is 0 Å². The third-order valence-corrected chi connectivity index (χ3v) is 4.18. The molecule has 5 heteroatoms. The fourth-order valence-corrected chi connectivity index (χ4v) is 2.72. The second kappa shape index (κ2) is 6.20. The Morgan fingerprint density at radius 1 is 0.958 bits per heavy atom. The maximum absolute atomic E-state index is 12.8. The summed E-state index contributed by atoms with van der Waals surface area (Å²) >= 11 is 0. The molecule has 24 heavy (non-hydrogen) atoms. The maximum atomic E-state index is 12.8. The van der Waals surface area contributed by atoms with E-state index in [1.54, 1.807) is 22.5 Å². The van der Waals surface area contributed by atoms with E-state index in [1.807, 2.05) is 62.4 Å². The molecule has 0 bridgehead atoms. The first-order valence-corrected chi connectivity index (χ1v) is 7.71. The first-order valence-electron chi connectivity index (χ1n) is 7.71. The number of aryl methyl sites for hydroxylation is 1. The van der Waals surface area contributed by atoms with Gasteiger partial charge in [-0.25, -0.2) is 4.68 Å². The number of para-hydroxylation sites is 1. The number of rotatable bonds is 3. The SMILES string of the molecule is Cc1ccccc1C(=O)Nc1c(C)n(C)n(-c2ccccc2)c1=O. The second-order valence-electron chi connectivity index (χ2n) is 5.71. The van der Waals surface area contributed by atoms with Crippen LogP contribution in [0.4, 0.5) is 5.69 Å². The lowest BCUT2D eigenvalue weighted by Gasteiger charge is -2.07. The standard InChI is InChI=1S/C19H19N3O2/c1-13-9-7-8-12-16(13)18(23)20-17-14(2)21(3)22(19(17)24)15-10-5-4-6-11-15/h4-12H,1-3H3,(H,20,23). The van der Waals surface area contributed by atoms with E-state index in [4.69, 9.17) is 0 Å². The Bertz CT molecular complexity index is 952. The Morgan fingerprint density at radius 2 is 1.58 bits per heavy atom. The molecule has 0 atom stereocenters. The van der Waals surface area contributed by atoms with Gasteiger partial charge in [0, 0.05) is 12.6 Å². The van der Waals surface area contributed by atoms with Gasteiger partial charge in [-0.1, -0.05) is 36.4 Å². The zero-order valence-electron chi connectivity index (χ0n) is 13.9. The van der Waals surface area contributed by atoms with Crippen molar-refractivity contribution in [2.24, 2.45) is 7.05 Å². The summed E-state index contributed by atoms with van der Waals surface area (Å²) in [5.74, 6) is -0.279. The summed E-state index contributed by atoms with van der Waals surface area (Å²) in [5.41, 5.74) is 2.94. The molecule has 0 radical (unpaired) electrons. The molecule has 0 aliphatic rings. The predicted molar refractivity (Wildman–Crippen MR) is 94.9 cm³/mol. The van der Waals surface area contributed by atoms with Crippen LogP contribution in [0.15, 0.2) is 59.4 Å². The second-order valence-corrected chi connectivity index (χ2v) is 5.71. The van der Waals surface area contributed by atoms with Gasteiger partial charge in [-0.2, -0.15) is 0 Å². The van der Waals surface area contributed by atoms with Crippen molar-refractivity contribution in [1.29, 1.82) is 0 Å². The van der Waals surface area contributed by atoms with Crippen LogP contribution >= 0.6 is 0 Å². The number of benzene rings is 2. The molecule has 0 fully saturated rings. The number of nitrogens with one attached hydrogen (secondary N) is 1. The predicted octanol–water partition coefficient (Wildman–Crippen LogP) is 3.05. The third kappa shape index (κ3) is 2.65. The van der Waals surface area contributed by atoms with Crippen molar-refractivity contribution in [3.63, 3.8) is 0 Å². The number of nitrogens with zero attached hydrogens (tertiary/aromatic N) is 2. The Hall–Kier alpha value is -3.08. The van der Waals surface area contributed by atoms with Gasteiger partial charge in [-0.3, -0.25) is 14.3 Å². The molecule has 0 aliphatic carbocycles. The van der Waals surface area contributed by atoms with E-state index in [0.29, 0.717) is 16.9 Å². The normalized spacial score (nSPS) is 10.6. The number of hydrogen-bond donors (Lipinski definition) is 1. The van der Waals surface area contributed by atoms with Gasteiger partial charge >= 0.3 is 0 Å². The minimum Gasteiger partial charge on any atom is -0.316 e. The quantitative estimate of drug-likeness (QED) is 0.806. The Morgan fingerprint density at radius 3 is 2.25 bits per heavy atom. The lowest BCUT2D eigenvalue weighted by Crippen LogP contribution is -2.23. The summed E-state index contributed by atoms with van der Waals surface area (Å²) < 4.78 is 3.29. The zero-order chi connectivity index (χ0) is 17.3. The average Bonchev–Trinajstić information content (AvgIpc) is 2.79. The van der Waals surface area contributed by atoms with Crippen molar-refractivity contribution in [2.45, 2.75) is 13.8 Å². The molecule has 0 saturated carbocycles. The molecule has 1 heterocycles. The Balaban J connectivity index is 2.03. The smallest absolute Gasteiger partial charge is 0.295 e. The molecule has 0 saturated heterocycles. The minimum atomic E-state index is -0.279. The lowest BCUT2D eigenvalue weighted by atomic mass is 10.1.